The van der Waals surface area contributed by atoms with E-state index in [9.17, 15) is 9.59 Å². The molecule has 2 heterocycles. The summed E-state index contributed by atoms with van der Waals surface area (Å²) < 4.78 is 5.55. The van der Waals surface area contributed by atoms with Crippen molar-refractivity contribution in [1.82, 2.24) is 15.1 Å². The van der Waals surface area contributed by atoms with Crippen LogP contribution < -0.4 is 5.32 Å². The summed E-state index contributed by atoms with van der Waals surface area (Å²) in [4.78, 5) is 33.1. The van der Waals surface area contributed by atoms with Gasteiger partial charge in [0.1, 0.15) is 0 Å². The van der Waals surface area contributed by atoms with E-state index in [0.29, 0.717) is 30.3 Å². The number of amides is 2. The van der Waals surface area contributed by atoms with E-state index in [1.54, 1.807) is 0 Å². The third-order valence-electron chi connectivity index (χ3n) is 11.4. The second kappa shape index (κ2) is 11.8. The topological polar surface area (TPSA) is 61.9 Å². The Morgan fingerprint density at radius 2 is 1.38 bits per heavy atom. The predicted molar refractivity (Wildman–Crippen MR) is 164 cm³/mol. The van der Waals surface area contributed by atoms with E-state index in [2.05, 4.69) is 75.8 Å². The smallest absolute Gasteiger partial charge is 0.228 e. The summed E-state index contributed by atoms with van der Waals surface area (Å²) in [5, 5.41) is 3.41. The molecule has 42 heavy (non-hydrogen) atoms. The van der Waals surface area contributed by atoms with Crippen LogP contribution in [0, 0.1) is 22.7 Å². The second-order valence-corrected chi connectivity index (χ2v) is 14.1. The molecule has 4 bridgehead atoms. The highest BCUT2D eigenvalue weighted by Gasteiger charge is 2.63. The van der Waals surface area contributed by atoms with E-state index in [4.69, 9.17) is 4.74 Å². The Hall–Kier alpha value is -2.70. The summed E-state index contributed by atoms with van der Waals surface area (Å²) in [7, 11) is 0. The Kier molecular flexibility index (Phi) is 7.87. The summed E-state index contributed by atoms with van der Waals surface area (Å²) in [5.74, 6) is 1.83. The number of piperidine rings is 1. The van der Waals surface area contributed by atoms with Crippen molar-refractivity contribution in [2.24, 2.45) is 22.7 Å². The van der Waals surface area contributed by atoms with E-state index in [0.717, 1.165) is 90.8 Å². The highest BCUT2D eigenvalue weighted by molar-refractivity contribution is 5.88. The zero-order valence-corrected chi connectivity index (χ0v) is 25.0. The van der Waals surface area contributed by atoms with Crippen molar-refractivity contribution >= 4 is 11.8 Å². The van der Waals surface area contributed by atoms with Crippen LogP contribution in [0.1, 0.15) is 74.8 Å². The van der Waals surface area contributed by atoms with Crippen molar-refractivity contribution in [3.8, 4) is 0 Å². The lowest BCUT2D eigenvalue weighted by atomic mass is 9.43. The second-order valence-electron chi connectivity index (χ2n) is 14.1. The molecular formula is C36H47N3O3. The van der Waals surface area contributed by atoms with Gasteiger partial charge in [0.05, 0.1) is 24.0 Å². The summed E-state index contributed by atoms with van der Waals surface area (Å²) in [6.07, 6.45) is 8.85. The minimum absolute atomic E-state index is 0.208. The van der Waals surface area contributed by atoms with E-state index in [1.807, 2.05) is 0 Å². The molecule has 2 aromatic carbocycles. The van der Waals surface area contributed by atoms with Crippen LogP contribution in [0.15, 0.2) is 60.7 Å². The fraction of sp³-hybridized carbons (Fsp3) is 0.611. The quantitative estimate of drug-likeness (QED) is 0.473. The molecule has 2 unspecified atom stereocenters. The van der Waals surface area contributed by atoms with Crippen LogP contribution in [-0.4, -0.2) is 73.6 Å². The van der Waals surface area contributed by atoms with Gasteiger partial charge in [-0.15, -0.1) is 0 Å². The average molecular weight is 570 g/mol. The van der Waals surface area contributed by atoms with Gasteiger partial charge in [0.15, 0.2) is 0 Å². The Morgan fingerprint density at radius 3 is 1.98 bits per heavy atom. The summed E-state index contributed by atoms with van der Waals surface area (Å²) >= 11 is 0. The lowest BCUT2D eigenvalue weighted by Crippen LogP contribution is -2.62. The Bertz CT molecular complexity index is 1180. The zero-order valence-electron chi connectivity index (χ0n) is 25.0. The van der Waals surface area contributed by atoms with Crippen LogP contribution in [-0.2, 0) is 14.3 Å². The molecule has 2 amide bonds. The SMILES string of the molecule is O=C(NCCC(c1ccccc1)c1ccccc1)C12CC3CC(C1)CC(C(=O)N1CCC(N4CCOCC4)CC1)(C3)C2. The molecular weight excluding hydrogens is 522 g/mol. The largest absolute Gasteiger partial charge is 0.379 e. The van der Waals surface area contributed by atoms with E-state index in [-0.39, 0.29) is 22.7 Å². The highest BCUT2D eigenvalue weighted by Crippen LogP contribution is 2.66. The molecule has 0 spiro atoms. The molecule has 2 atom stereocenters. The van der Waals surface area contributed by atoms with Gasteiger partial charge in [-0.2, -0.15) is 0 Å². The molecule has 2 saturated heterocycles. The molecule has 0 radical (unpaired) electrons. The first-order chi connectivity index (χ1) is 20.5. The average Bonchev–Trinajstić information content (AvgIpc) is 3.03. The number of carbonyl (C=O) groups is 2. The van der Waals surface area contributed by atoms with Crippen molar-refractivity contribution in [2.45, 2.75) is 69.7 Å². The summed E-state index contributed by atoms with van der Waals surface area (Å²) in [6, 6.07) is 21.9. The molecule has 6 nitrogen and oxygen atoms in total. The number of ether oxygens (including phenoxy) is 1. The molecule has 8 rings (SSSR count). The van der Waals surface area contributed by atoms with E-state index >= 15 is 0 Å². The minimum atomic E-state index is -0.374. The Morgan fingerprint density at radius 1 is 0.810 bits per heavy atom. The lowest BCUT2D eigenvalue weighted by Gasteiger charge is -2.61. The third-order valence-corrected chi connectivity index (χ3v) is 11.4. The van der Waals surface area contributed by atoms with E-state index < -0.39 is 0 Å². The highest BCUT2D eigenvalue weighted by atomic mass is 16.5. The standard InChI is InChI=1S/C36H47N3O3/c40-33(37-14-11-32(29-7-3-1-4-8-29)30-9-5-2-6-10-30)35-22-27-21-28(23-35)25-36(24-27,26-35)34(41)39-15-12-31(13-16-39)38-17-19-42-20-18-38/h1-10,27-28,31-32H,11-26H2,(H,37,40). The number of nitrogens with one attached hydrogen (secondary N) is 1. The Balaban J connectivity index is 1.01. The van der Waals surface area contributed by atoms with Crippen LogP contribution >= 0.6 is 0 Å². The number of nitrogens with zero attached hydrogens (tertiary/aromatic N) is 2. The van der Waals surface area contributed by atoms with Gasteiger partial charge in [-0.3, -0.25) is 14.5 Å². The lowest BCUT2D eigenvalue weighted by molar-refractivity contribution is -0.175. The van der Waals surface area contributed by atoms with Gasteiger partial charge in [-0.25, -0.2) is 0 Å². The molecule has 6 aliphatic rings. The molecule has 0 aromatic heterocycles. The van der Waals surface area contributed by atoms with Gasteiger partial charge in [0, 0.05) is 44.7 Å². The Labute approximate surface area is 251 Å². The number of carbonyl (C=O) groups excluding carboxylic acids is 2. The molecule has 4 saturated carbocycles. The molecule has 2 aliphatic heterocycles. The van der Waals surface area contributed by atoms with Gasteiger partial charge in [-0.1, -0.05) is 60.7 Å². The number of rotatable bonds is 8. The van der Waals surface area contributed by atoms with Gasteiger partial charge in [0.2, 0.25) is 11.8 Å². The molecule has 6 heteroatoms. The van der Waals surface area contributed by atoms with E-state index in [1.165, 1.54) is 17.5 Å². The fourth-order valence-electron chi connectivity index (χ4n) is 9.90. The van der Waals surface area contributed by atoms with Crippen molar-refractivity contribution < 1.29 is 14.3 Å². The van der Waals surface area contributed by atoms with Crippen LogP contribution in [0.3, 0.4) is 0 Å². The van der Waals surface area contributed by atoms with Crippen molar-refractivity contribution in [2.75, 3.05) is 45.9 Å². The van der Waals surface area contributed by atoms with Crippen LogP contribution in [0.4, 0.5) is 0 Å². The van der Waals surface area contributed by atoms with Crippen molar-refractivity contribution in [3.63, 3.8) is 0 Å². The number of benzene rings is 2. The molecule has 4 aliphatic carbocycles. The number of likely N-dealkylation sites (tertiary alicyclic amines) is 1. The summed E-state index contributed by atoms with van der Waals surface area (Å²) in [6.45, 7) is 6.06. The minimum Gasteiger partial charge on any atom is -0.379 e. The molecule has 224 valence electrons. The first-order valence-electron chi connectivity index (χ1n) is 16.5. The predicted octanol–water partition coefficient (Wildman–Crippen LogP) is 5.23. The van der Waals surface area contributed by atoms with Crippen LogP contribution in [0.2, 0.25) is 0 Å². The zero-order chi connectivity index (χ0) is 28.6. The normalized spacial score (nSPS) is 31.4. The molecule has 1 N–H and O–H groups in total. The fourth-order valence-corrected chi connectivity index (χ4v) is 9.90. The number of hydrogen-bond donors (Lipinski definition) is 1. The molecule has 6 fully saturated rings. The number of hydrogen-bond acceptors (Lipinski definition) is 4. The van der Waals surface area contributed by atoms with Gasteiger partial charge < -0.3 is 15.0 Å². The van der Waals surface area contributed by atoms with Gasteiger partial charge in [0.25, 0.3) is 0 Å². The maximum Gasteiger partial charge on any atom is 0.228 e. The maximum absolute atomic E-state index is 14.3. The third kappa shape index (κ3) is 5.41. The number of morpholine rings is 1. The van der Waals surface area contributed by atoms with Crippen LogP contribution in [0.5, 0.6) is 0 Å². The maximum atomic E-state index is 14.3. The van der Waals surface area contributed by atoms with Crippen LogP contribution in [0.25, 0.3) is 0 Å². The van der Waals surface area contributed by atoms with Crippen molar-refractivity contribution in [1.29, 1.82) is 0 Å². The van der Waals surface area contributed by atoms with Gasteiger partial charge >= 0.3 is 0 Å². The molecule has 2 aromatic rings. The first kappa shape index (κ1) is 28.1. The first-order valence-corrected chi connectivity index (χ1v) is 16.5. The van der Waals surface area contributed by atoms with Crippen molar-refractivity contribution in [3.05, 3.63) is 71.8 Å². The summed E-state index contributed by atoms with van der Waals surface area (Å²) in [5.41, 5.74) is 1.87. The van der Waals surface area contributed by atoms with Gasteiger partial charge in [-0.05, 0) is 80.8 Å². The monoisotopic (exact) mass is 569 g/mol.